The number of anilines is 1. The Balaban J connectivity index is 2.15. The van der Waals surface area contributed by atoms with E-state index in [1.807, 2.05) is 27.7 Å². The predicted molar refractivity (Wildman–Crippen MR) is 135 cm³/mol. The Hall–Kier alpha value is -4.35. The summed E-state index contributed by atoms with van der Waals surface area (Å²) in [5.74, 6) is -0.431. The van der Waals surface area contributed by atoms with E-state index in [-0.39, 0.29) is 34.8 Å². The number of aromatic nitrogens is 4. The van der Waals surface area contributed by atoms with Crippen molar-refractivity contribution in [2.24, 2.45) is 0 Å². The van der Waals surface area contributed by atoms with Gasteiger partial charge in [0, 0.05) is 30.2 Å². The van der Waals surface area contributed by atoms with Crippen LogP contribution in [-0.2, 0) is 0 Å². The summed E-state index contributed by atoms with van der Waals surface area (Å²) in [6.07, 6.45) is 6.23. The molecule has 11 nitrogen and oxygen atoms in total. The zero-order valence-electron chi connectivity index (χ0n) is 20.9. The molecule has 3 rings (SSSR count). The van der Waals surface area contributed by atoms with Gasteiger partial charge in [0.05, 0.1) is 9.85 Å². The Morgan fingerprint density at radius 3 is 1.56 bits per heavy atom. The first-order valence-corrected chi connectivity index (χ1v) is 11.3. The highest BCUT2D eigenvalue weighted by Gasteiger charge is 2.26. The van der Waals surface area contributed by atoms with Crippen molar-refractivity contribution in [2.45, 2.75) is 53.6 Å². The van der Waals surface area contributed by atoms with Crippen LogP contribution in [0.2, 0.25) is 0 Å². The summed E-state index contributed by atoms with van der Waals surface area (Å²) in [5.41, 5.74) is 1.45. The number of nitrogens with zero attached hydrogens (tertiary/aromatic N) is 7. The maximum atomic E-state index is 13.6. The molecule has 0 radical (unpaired) electrons. The normalized spacial score (nSPS) is 11.9. The molecule has 0 unspecified atom stereocenters. The molecular weight excluding hydrogens is 469 g/mol. The van der Waals surface area contributed by atoms with Crippen LogP contribution in [-0.4, -0.2) is 29.4 Å². The molecule has 36 heavy (non-hydrogen) atoms. The molecule has 0 saturated carbocycles. The molecule has 0 saturated heterocycles. The maximum absolute atomic E-state index is 13.6. The summed E-state index contributed by atoms with van der Waals surface area (Å²) in [6.45, 7) is 10.6. The van der Waals surface area contributed by atoms with Crippen molar-refractivity contribution in [3.63, 3.8) is 0 Å². The molecule has 2 aromatic heterocycles. The van der Waals surface area contributed by atoms with Gasteiger partial charge < -0.3 is 4.90 Å². The van der Waals surface area contributed by atoms with Crippen molar-refractivity contribution in [2.75, 3.05) is 4.90 Å². The van der Waals surface area contributed by atoms with E-state index in [1.54, 1.807) is 52.7 Å². The highest BCUT2D eigenvalue weighted by molar-refractivity contribution is 5.68. The lowest BCUT2D eigenvalue weighted by Crippen LogP contribution is -2.10. The van der Waals surface area contributed by atoms with E-state index in [0.29, 0.717) is 17.1 Å². The van der Waals surface area contributed by atoms with Crippen LogP contribution in [0, 0.1) is 39.9 Å². The highest BCUT2D eigenvalue weighted by atomic mass is 19.1. The molecule has 3 aromatic rings. The van der Waals surface area contributed by atoms with Crippen molar-refractivity contribution < 1.29 is 14.2 Å². The van der Waals surface area contributed by atoms with Crippen molar-refractivity contribution in [1.29, 1.82) is 0 Å². The minimum absolute atomic E-state index is 0.118. The van der Waals surface area contributed by atoms with Crippen LogP contribution < -0.4 is 4.90 Å². The number of hydrogen-bond acceptors (Lipinski definition) is 7. The fourth-order valence-electron chi connectivity index (χ4n) is 3.80. The molecule has 0 fully saturated rings. The Labute approximate surface area is 207 Å². The second-order valence-corrected chi connectivity index (χ2v) is 8.74. The number of halogens is 1. The first-order valence-electron chi connectivity index (χ1n) is 11.3. The Kier molecular flexibility index (Phi) is 7.66. The van der Waals surface area contributed by atoms with E-state index < -0.39 is 15.7 Å². The molecule has 1 aromatic carbocycles. The summed E-state index contributed by atoms with van der Waals surface area (Å²) >= 11 is 0. The van der Waals surface area contributed by atoms with E-state index in [4.69, 9.17) is 0 Å². The van der Waals surface area contributed by atoms with Gasteiger partial charge in [0.1, 0.15) is 28.6 Å². The number of aryl methyl sites for hydroxylation is 2. The van der Waals surface area contributed by atoms with Crippen molar-refractivity contribution in [3.8, 4) is 0 Å². The lowest BCUT2D eigenvalue weighted by Gasteiger charge is -2.16. The highest BCUT2D eigenvalue weighted by Crippen LogP contribution is 2.29. The number of benzene rings is 1. The lowest BCUT2D eigenvalue weighted by molar-refractivity contribution is -0.385. The first-order chi connectivity index (χ1) is 16.9. The van der Waals surface area contributed by atoms with Gasteiger partial charge in [-0.2, -0.15) is 10.2 Å². The van der Waals surface area contributed by atoms with Gasteiger partial charge in [-0.05, 0) is 78.0 Å². The first kappa shape index (κ1) is 26.3. The van der Waals surface area contributed by atoms with Gasteiger partial charge in [-0.25, -0.2) is 4.39 Å². The van der Waals surface area contributed by atoms with Crippen molar-refractivity contribution >= 4 is 29.2 Å². The molecule has 2 heterocycles. The third kappa shape index (κ3) is 5.32. The summed E-state index contributed by atoms with van der Waals surface area (Å²) in [4.78, 5) is 24.1. The molecule has 12 heteroatoms. The third-order valence-electron chi connectivity index (χ3n) is 5.43. The summed E-state index contributed by atoms with van der Waals surface area (Å²) in [7, 11) is 0. The molecular formula is C24H28FN7O4. The fourth-order valence-corrected chi connectivity index (χ4v) is 3.80. The van der Waals surface area contributed by atoms with Gasteiger partial charge in [-0.3, -0.25) is 29.6 Å². The van der Waals surface area contributed by atoms with Gasteiger partial charge in [-0.1, -0.05) is 0 Å². The van der Waals surface area contributed by atoms with E-state index in [1.165, 1.54) is 24.3 Å². The molecule has 0 amide bonds. The second-order valence-electron chi connectivity index (χ2n) is 8.74. The quantitative estimate of drug-likeness (QED) is 0.264. The summed E-state index contributed by atoms with van der Waals surface area (Å²) in [5, 5.41) is 32.0. The lowest BCUT2D eigenvalue weighted by atomic mass is 10.2. The van der Waals surface area contributed by atoms with E-state index in [2.05, 4.69) is 10.2 Å². The average molecular weight is 498 g/mol. The minimum Gasteiger partial charge on any atom is -0.324 e. The Bertz CT molecular complexity index is 1260. The van der Waals surface area contributed by atoms with Crippen LogP contribution in [0.4, 0.5) is 21.5 Å². The van der Waals surface area contributed by atoms with Gasteiger partial charge in [0.25, 0.3) is 0 Å². The zero-order chi connectivity index (χ0) is 26.7. The molecule has 0 bridgehead atoms. The van der Waals surface area contributed by atoms with Crippen LogP contribution in [0.1, 0.15) is 62.6 Å². The van der Waals surface area contributed by atoms with Gasteiger partial charge in [0.2, 0.25) is 0 Å². The van der Waals surface area contributed by atoms with E-state index in [0.717, 1.165) is 0 Å². The Morgan fingerprint density at radius 1 is 0.833 bits per heavy atom. The standard InChI is InChI=1S/C24H28FN7O4/c1-15(2)29-21(23(31(33)34)17(5)26-29)11-13-28(20-9-7-19(25)8-10-20)14-12-22-24(32(35)36)18(6)27-30(22)16(3)4/h7-16H,1-6H3/b13-11+,14-12+. The minimum atomic E-state index is -0.480. The van der Waals surface area contributed by atoms with Crippen molar-refractivity contribution in [3.05, 3.63) is 85.5 Å². The molecule has 190 valence electrons. The smallest absolute Gasteiger partial charge is 0.317 e. The van der Waals surface area contributed by atoms with Crippen LogP contribution >= 0.6 is 0 Å². The maximum Gasteiger partial charge on any atom is 0.317 e. The largest absolute Gasteiger partial charge is 0.324 e. The average Bonchev–Trinajstić information content (AvgIpc) is 3.31. The fraction of sp³-hybridized carbons (Fsp3) is 0.333. The topological polar surface area (TPSA) is 125 Å². The number of nitro groups is 2. The molecule has 0 aliphatic rings. The zero-order valence-corrected chi connectivity index (χ0v) is 20.9. The molecule has 0 atom stereocenters. The van der Waals surface area contributed by atoms with Gasteiger partial charge in [0.15, 0.2) is 0 Å². The van der Waals surface area contributed by atoms with E-state index >= 15 is 0 Å². The molecule has 0 aliphatic heterocycles. The summed E-state index contributed by atoms with van der Waals surface area (Å²) < 4.78 is 16.7. The summed E-state index contributed by atoms with van der Waals surface area (Å²) in [6, 6.07) is 5.33. The SMILES string of the molecule is Cc1nn(C(C)C)c(/C=C/N(/C=C/c2c([N+](=O)[O-])c(C)nn2C(C)C)c2ccc(F)cc2)c1[N+](=O)[O-]. The number of rotatable bonds is 9. The number of hydrogen-bond donors (Lipinski definition) is 0. The van der Waals surface area contributed by atoms with Crippen LogP contribution in [0.25, 0.3) is 12.2 Å². The molecule has 0 N–H and O–H groups in total. The van der Waals surface area contributed by atoms with Crippen LogP contribution in [0.15, 0.2) is 36.7 Å². The van der Waals surface area contributed by atoms with Gasteiger partial charge >= 0.3 is 11.4 Å². The molecule has 0 aliphatic carbocycles. The van der Waals surface area contributed by atoms with Crippen LogP contribution in [0.3, 0.4) is 0 Å². The van der Waals surface area contributed by atoms with E-state index in [9.17, 15) is 24.6 Å². The van der Waals surface area contributed by atoms with Gasteiger partial charge in [-0.15, -0.1) is 0 Å². The second kappa shape index (κ2) is 10.5. The van der Waals surface area contributed by atoms with Crippen molar-refractivity contribution in [1.82, 2.24) is 19.6 Å². The monoisotopic (exact) mass is 497 g/mol. The Morgan fingerprint density at radius 2 is 1.22 bits per heavy atom. The van der Waals surface area contributed by atoms with Crippen LogP contribution in [0.5, 0.6) is 0 Å². The predicted octanol–water partition coefficient (Wildman–Crippen LogP) is 5.96. The molecule has 0 spiro atoms. The third-order valence-corrected chi connectivity index (χ3v) is 5.43.